The van der Waals surface area contributed by atoms with Crippen molar-refractivity contribution in [2.75, 3.05) is 13.2 Å². The van der Waals surface area contributed by atoms with E-state index in [2.05, 4.69) is 46.2 Å². The van der Waals surface area contributed by atoms with Crippen molar-refractivity contribution in [3.8, 4) is 11.5 Å². The van der Waals surface area contributed by atoms with Crippen molar-refractivity contribution in [3.63, 3.8) is 0 Å². The second-order valence-electron chi connectivity index (χ2n) is 14.4. The number of ether oxygens (including phenoxy) is 4. The van der Waals surface area contributed by atoms with Gasteiger partial charge < -0.3 is 24.1 Å². The summed E-state index contributed by atoms with van der Waals surface area (Å²) in [7, 11) is 0. The minimum atomic E-state index is -0.972. The normalized spacial score (nSPS) is 24.4. The number of phenolic OH excluding ortho intramolecular Hbond substituents is 1. The number of aromatic hydroxyl groups is 1. The fourth-order valence-electron chi connectivity index (χ4n) is 8.14. The van der Waals surface area contributed by atoms with Crippen LogP contribution in [0.15, 0.2) is 84.7 Å². The van der Waals surface area contributed by atoms with Crippen molar-refractivity contribution in [2.45, 2.75) is 98.0 Å². The Morgan fingerprint density at radius 1 is 1.12 bits per heavy atom. The van der Waals surface area contributed by atoms with Gasteiger partial charge in [-0.05, 0) is 93.9 Å². The molecule has 276 valence electrons. The molecule has 1 aromatic carbocycles. The highest BCUT2D eigenvalue weighted by Crippen LogP contribution is 2.56. The maximum atomic E-state index is 13.6. The van der Waals surface area contributed by atoms with E-state index in [0.29, 0.717) is 29.7 Å². The highest BCUT2D eigenvalue weighted by molar-refractivity contribution is 6.05. The zero-order valence-electron chi connectivity index (χ0n) is 31.1. The molecular formula is C43H56O8. The maximum absolute atomic E-state index is 13.6. The largest absolute Gasteiger partial charge is 0.514 e. The number of hydrogen-bond acceptors (Lipinski definition) is 8. The number of phenols is 1. The standard InChI is InChI=1S/C43H56O8/c1-10-13-15-17-30-22-34(44)38(32-21-26(6)18-19-31(32)25(4)5)35(23-30)51-43(47)49-24-33-28(8)36-37(29(9)50-27(7)16-14-11-2)41(45)40(36)39(33)42(46)48-20-12-3/h11-12,21-23,28-29,31-32,36-37,40,44H,2-4,7,10,13-20,24H2,1,5-6,8-9H3/t28-,29+,31-,32+,36+,37+,40?/m0/s1. The van der Waals surface area contributed by atoms with Gasteiger partial charge in [0.05, 0.1) is 23.2 Å². The summed E-state index contributed by atoms with van der Waals surface area (Å²) in [6, 6.07) is 3.59. The molecule has 0 spiro atoms. The number of ketones is 1. The Morgan fingerprint density at radius 3 is 2.53 bits per heavy atom. The van der Waals surface area contributed by atoms with Crippen molar-refractivity contribution >= 4 is 17.9 Å². The van der Waals surface area contributed by atoms with E-state index >= 15 is 0 Å². The Bertz CT molecular complexity index is 1590. The second kappa shape index (κ2) is 17.7. The topological polar surface area (TPSA) is 108 Å². The molecule has 0 radical (unpaired) electrons. The molecule has 0 heterocycles. The number of carbonyl (C=O) groups excluding carboxylic acids is 3. The van der Waals surface area contributed by atoms with E-state index in [1.54, 1.807) is 12.1 Å². The van der Waals surface area contributed by atoms with Gasteiger partial charge in [-0.25, -0.2) is 9.59 Å². The number of esters is 1. The lowest BCUT2D eigenvalue weighted by Crippen LogP contribution is -2.54. The highest BCUT2D eigenvalue weighted by atomic mass is 16.7. The minimum Gasteiger partial charge on any atom is -0.507 e. The predicted octanol–water partition coefficient (Wildman–Crippen LogP) is 9.65. The van der Waals surface area contributed by atoms with Crippen LogP contribution in [0, 0.1) is 29.6 Å². The molecular weight excluding hydrogens is 644 g/mol. The van der Waals surface area contributed by atoms with Gasteiger partial charge in [0.2, 0.25) is 0 Å². The van der Waals surface area contributed by atoms with Gasteiger partial charge in [0.25, 0.3) is 0 Å². The van der Waals surface area contributed by atoms with Crippen LogP contribution in [0.4, 0.5) is 4.79 Å². The van der Waals surface area contributed by atoms with Gasteiger partial charge in [-0.3, -0.25) is 4.79 Å². The molecule has 0 aromatic heterocycles. The zero-order chi connectivity index (χ0) is 37.4. The molecule has 0 aliphatic heterocycles. The summed E-state index contributed by atoms with van der Waals surface area (Å²) in [6.45, 7) is 25.2. The summed E-state index contributed by atoms with van der Waals surface area (Å²) >= 11 is 0. The summed E-state index contributed by atoms with van der Waals surface area (Å²) in [5, 5.41) is 11.4. The molecule has 0 saturated heterocycles. The number of hydrogen-bond donors (Lipinski definition) is 1. The van der Waals surface area contributed by atoms with E-state index in [9.17, 15) is 19.5 Å². The maximum Gasteiger partial charge on any atom is 0.514 e. The van der Waals surface area contributed by atoms with Crippen molar-refractivity contribution in [1.29, 1.82) is 0 Å². The Kier molecular flexibility index (Phi) is 13.7. The van der Waals surface area contributed by atoms with Crippen LogP contribution in [0.1, 0.15) is 96.6 Å². The van der Waals surface area contributed by atoms with E-state index in [0.717, 1.165) is 49.7 Å². The number of fused-ring (bicyclic) bond motifs is 1. The third-order valence-electron chi connectivity index (χ3n) is 10.8. The van der Waals surface area contributed by atoms with Crippen LogP contribution in [0.3, 0.4) is 0 Å². The van der Waals surface area contributed by atoms with Crippen LogP contribution in [0.5, 0.6) is 11.5 Å². The quantitative estimate of drug-likeness (QED) is 0.0530. The summed E-state index contributed by atoms with van der Waals surface area (Å²) in [5.41, 5.74) is 4.32. The smallest absolute Gasteiger partial charge is 0.507 e. The van der Waals surface area contributed by atoms with Gasteiger partial charge >= 0.3 is 12.1 Å². The minimum absolute atomic E-state index is 0.0222. The monoisotopic (exact) mass is 700 g/mol. The van der Waals surface area contributed by atoms with Gasteiger partial charge in [0, 0.05) is 17.9 Å². The summed E-state index contributed by atoms with van der Waals surface area (Å²) in [6.07, 6.45) is 10.8. The second-order valence-corrected chi connectivity index (χ2v) is 14.4. The first-order valence-corrected chi connectivity index (χ1v) is 18.4. The van der Waals surface area contributed by atoms with Crippen LogP contribution in [-0.2, 0) is 30.2 Å². The van der Waals surface area contributed by atoms with Gasteiger partial charge in [-0.2, -0.15) is 0 Å². The summed E-state index contributed by atoms with van der Waals surface area (Å²) in [4.78, 5) is 40.5. The number of carbonyl (C=O) groups is 3. The van der Waals surface area contributed by atoms with Crippen molar-refractivity contribution in [3.05, 3.63) is 95.9 Å². The first-order chi connectivity index (χ1) is 24.3. The Morgan fingerprint density at radius 2 is 1.86 bits per heavy atom. The Labute approximate surface area is 304 Å². The van der Waals surface area contributed by atoms with E-state index in [1.165, 1.54) is 11.6 Å². The lowest BCUT2D eigenvalue weighted by atomic mass is 9.59. The van der Waals surface area contributed by atoms with Crippen LogP contribution in [-0.4, -0.2) is 42.3 Å². The van der Waals surface area contributed by atoms with Gasteiger partial charge in [-0.15, -0.1) is 6.58 Å². The number of aryl methyl sites for hydroxylation is 1. The van der Waals surface area contributed by atoms with E-state index in [1.807, 2.05) is 26.8 Å². The fraction of sp³-hybridized carbons (Fsp3) is 0.512. The molecule has 8 heteroatoms. The molecule has 3 aliphatic carbocycles. The summed E-state index contributed by atoms with van der Waals surface area (Å²) < 4.78 is 23.1. The molecule has 8 nitrogen and oxygen atoms in total. The first-order valence-electron chi connectivity index (χ1n) is 18.4. The third-order valence-corrected chi connectivity index (χ3v) is 10.8. The molecule has 3 aliphatic rings. The first kappa shape index (κ1) is 39.5. The molecule has 1 aromatic rings. The van der Waals surface area contributed by atoms with Gasteiger partial charge in [0.15, 0.2) is 0 Å². The van der Waals surface area contributed by atoms with Crippen molar-refractivity contribution in [1.82, 2.24) is 0 Å². The van der Waals surface area contributed by atoms with Crippen molar-refractivity contribution < 1.29 is 38.4 Å². The SMILES string of the molecule is C=CCCC(=C)O[C@H](C)[C@H]1C(=O)C2C(C(=O)OCC=C)=C(COC(=O)Oc3cc(CCCCC)cc(O)c3[C@@H]3C=C(C)CC[C@H]3C(=C)C)[C@H](C)[C@@H]21. The zero-order valence-corrected chi connectivity index (χ0v) is 31.1. The molecule has 1 unspecified atom stereocenters. The average Bonchev–Trinajstić information content (AvgIpc) is 3.32. The summed E-state index contributed by atoms with van der Waals surface area (Å²) in [5.74, 6) is -1.70. The molecule has 7 atom stereocenters. The molecule has 4 rings (SSSR count). The van der Waals surface area contributed by atoms with Crippen LogP contribution >= 0.6 is 0 Å². The number of rotatable bonds is 18. The van der Waals surface area contributed by atoms with Crippen LogP contribution < -0.4 is 4.74 Å². The predicted molar refractivity (Wildman–Crippen MR) is 199 cm³/mol. The van der Waals surface area contributed by atoms with Gasteiger partial charge in [-0.1, -0.05) is 75.8 Å². The lowest BCUT2D eigenvalue weighted by molar-refractivity contribution is -0.153. The molecule has 51 heavy (non-hydrogen) atoms. The molecule has 0 bridgehead atoms. The van der Waals surface area contributed by atoms with E-state index in [-0.39, 0.29) is 59.7 Å². The number of benzene rings is 1. The highest BCUT2D eigenvalue weighted by Gasteiger charge is 2.62. The van der Waals surface area contributed by atoms with E-state index in [4.69, 9.17) is 18.9 Å². The molecule has 1 saturated carbocycles. The lowest BCUT2D eigenvalue weighted by Gasteiger charge is -2.44. The van der Waals surface area contributed by atoms with E-state index < -0.39 is 30.1 Å². The molecule has 0 amide bonds. The van der Waals surface area contributed by atoms with Crippen molar-refractivity contribution in [2.24, 2.45) is 29.6 Å². The molecule has 1 fully saturated rings. The average molecular weight is 701 g/mol. The van der Waals surface area contributed by atoms with Crippen LogP contribution in [0.2, 0.25) is 0 Å². The fourth-order valence-corrected chi connectivity index (χ4v) is 8.14. The Balaban J connectivity index is 1.60. The van der Waals surface area contributed by atoms with Crippen LogP contribution in [0.25, 0.3) is 0 Å². The molecule has 1 N–H and O–H groups in total. The number of Topliss-reactive ketones (excluding diaryl/α,β-unsaturated/α-hetero) is 1. The van der Waals surface area contributed by atoms with Gasteiger partial charge in [0.1, 0.15) is 36.6 Å². The Hall–Kier alpha value is -4.33. The number of unbranched alkanes of at least 4 members (excludes halogenated alkanes) is 2. The third kappa shape index (κ3) is 8.95. The number of allylic oxidation sites excluding steroid dienone is 5.